The van der Waals surface area contributed by atoms with E-state index in [4.69, 9.17) is 5.11 Å². The summed E-state index contributed by atoms with van der Waals surface area (Å²) in [7, 11) is -3.70. The van der Waals surface area contributed by atoms with Gasteiger partial charge in [0.2, 0.25) is 10.0 Å². The lowest BCUT2D eigenvalue weighted by molar-refractivity contribution is -0.136. The van der Waals surface area contributed by atoms with Gasteiger partial charge in [-0.3, -0.25) is 4.79 Å². The zero-order valence-electron chi connectivity index (χ0n) is 9.19. The van der Waals surface area contributed by atoms with Gasteiger partial charge in [0.15, 0.2) is 5.25 Å². The number of rotatable bonds is 8. The fourth-order valence-corrected chi connectivity index (χ4v) is 1.97. The molecule has 2 N–H and O–H groups in total. The van der Waals surface area contributed by atoms with Gasteiger partial charge in [0, 0.05) is 6.54 Å². The van der Waals surface area contributed by atoms with Crippen LogP contribution >= 0.6 is 0 Å². The van der Waals surface area contributed by atoms with Gasteiger partial charge in [0.1, 0.15) is 0 Å². The van der Waals surface area contributed by atoms with E-state index in [-0.39, 0.29) is 0 Å². The van der Waals surface area contributed by atoms with Crippen LogP contribution in [0.4, 0.5) is 0 Å². The second-order valence-corrected chi connectivity index (χ2v) is 5.57. The molecule has 90 valence electrons. The first-order valence-corrected chi connectivity index (χ1v) is 6.67. The summed E-state index contributed by atoms with van der Waals surface area (Å²) in [4.78, 5) is 10.5. The number of aliphatic carboxylic acids is 1. The average Bonchev–Trinajstić information content (AvgIpc) is 2.16. The summed E-state index contributed by atoms with van der Waals surface area (Å²) in [5.74, 6) is -1.32. The first kappa shape index (κ1) is 14.4. The van der Waals surface area contributed by atoms with E-state index >= 15 is 0 Å². The molecule has 0 aliphatic rings. The molecule has 0 heterocycles. The van der Waals surface area contributed by atoms with E-state index in [1.807, 2.05) is 0 Å². The topological polar surface area (TPSA) is 83.5 Å². The first-order chi connectivity index (χ1) is 6.91. The van der Waals surface area contributed by atoms with Gasteiger partial charge in [-0.25, -0.2) is 13.1 Å². The van der Waals surface area contributed by atoms with Gasteiger partial charge >= 0.3 is 5.97 Å². The highest BCUT2D eigenvalue weighted by atomic mass is 32.2. The number of carboxylic acid groups (broad SMARTS) is 1. The van der Waals surface area contributed by atoms with E-state index in [1.54, 1.807) is 0 Å². The zero-order chi connectivity index (χ0) is 11.9. The molecule has 0 spiro atoms. The molecule has 0 aromatic heterocycles. The van der Waals surface area contributed by atoms with Crippen molar-refractivity contribution in [2.45, 2.75) is 44.8 Å². The molecule has 5 nitrogen and oxygen atoms in total. The molecule has 0 aliphatic carbocycles. The Hall–Kier alpha value is -0.620. The highest BCUT2D eigenvalue weighted by molar-refractivity contribution is 7.90. The van der Waals surface area contributed by atoms with Crippen LogP contribution in [-0.2, 0) is 14.8 Å². The molecular formula is C9H19NO4S. The van der Waals surface area contributed by atoms with E-state index in [1.165, 1.54) is 0 Å². The van der Waals surface area contributed by atoms with Gasteiger partial charge in [-0.1, -0.05) is 26.2 Å². The largest absolute Gasteiger partial charge is 0.480 e. The Morgan fingerprint density at radius 2 is 1.93 bits per heavy atom. The monoisotopic (exact) mass is 237 g/mol. The molecule has 0 amide bonds. The second kappa shape index (κ2) is 6.79. The van der Waals surface area contributed by atoms with Crippen molar-refractivity contribution in [1.29, 1.82) is 0 Å². The summed E-state index contributed by atoms with van der Waals surface area (Å²) >= 11 is 0. The van der Waals surface area contributed by atoms with Gasteiger partial charge in [-0.15, -0.1) is 0 Å². The van der Waals surface area contributed by atoms with Crippen LogP contribution in [-0.4, -0.2) is 31.3 Å². The van der Waals surface area contributed by atoms with Crippen LogP contribution in [0.5, 0.6) is 0 Å². The van der Waals surface area contributed by atoms with E-state index in [0.29, 0.717) is 6.54 Å². The Labute approximate surface area is 90.9 Å². The van der Waals surface area contributed by atoms with Gasteiger partial charge in [0.25, 0.3) is 0 Å². The molecule has 1 unspecified atom stereocenters. The Balaban J connectivity index is 3.90. The van der Waals surface area contributed by atoms with E-state index < -0.39 is 21.2 Å². The number of hydrogen-bond donors (Lipinski definition) is 2. The summed E-state index contributed by atoms with van der Waals surface area (Å²) in [5.41, 5.74) is 0. The molecular weight excluding hydrogens is 218 g/mol. The number of hydrogen-bond acceptors (Lipinski definition) is 3. The molecule has 0 aromatic carbocycles. The maximum Gasteiger partial charge on any atom is 0.323 e. The standard InChI is InChI=1S/C9H19NO4S/c1-3-4-5-6-7-10-15(13,14)8(2)9(11)12/h8,10H,3-7H2,1-2H3,(H,11,12). The van der Waals surface area contributed by atoms with Crippen LogP contribution in [0, 0.1) is 0 Å². The van der Waals surface area contributed by atoms with Crippen LogP contribution < -0.4 is 4.72 Å². The minimum absolute atomic E-state index is 0.319. The van der Waals surface area contributed by atoms with Crippen molar-refractivity contribution in [3.8, 4) is 0 Å². The van der Waals surface area contributed by atoms with E-state index in [2.05, 4.69) is 11.6 Å². The second-order valence-electron chi connectivity index (χ2n) is 3.48. The average molecular weight is 237 g/mol. The molecule has 0 rings (SSSR count). The Bertz CT molecular complexity index is 286. The Morgan fingerprint density at radius 3 is 2.40 bits per heavy atom. The van der Waals surface area contributed by atoms with Gasteiger partial charge < -0.3 is 5.11 Å². The quantitative estimate of drug-likeness (QED) is 0.616. The third-order valence-corrected chi connectivity index (χ3v) is 3.89. The predicted octanol–water partition coefficient (Wildman–Crippen LogP) is 0.959. The number of unbranched alkanes of at least 4 members (excludes halogenated alkanes) is 3. The molecule has 15 heavy (non-hydrogen) atoms. The summed E-state index contributed by atoms with van der Waals surface area (Å²) in [5, 5.41) is 7.15. The minimum atomic E-state index is -3.70. The summed E-state index contributed by atoms with van der Waals surface area (Å²) in [6, 6.07) is 0. The lowest BCUT2D eigenvalue weighted by Gasteiger charge is -2.09. The van der Waals surface area contributed by atoms with Crippen LogP contribution in [0.15, 0.2) is 0 Å². The number of carboxylic acids is 1. The summed E-state index contributed by atoms with van der Waals surface area (Å²) in [6.45, 7) is 3.55. The maximum atomic E-state index is 11.3. The number of sulfonamides is 1. The fraction of sp³-hybridized carbons (Fsp3) is 0.889. The van der Waals surface area contributed by atoms with Crippen molar-refractivity contribution in [3.63, 3.8) is 0 Å². The van der Waals surface area contributed by atoms with Gasteiger partial charge in [-0.2, -0.15) is 0 Å². The van der Waals surface area contributed by atoms with Crippen LogP contribution in [0.2, 0.25) is 0 Å². The van der Waals surface area contributed by atoms with Crippen molar-refractivity contribution in [2.75, 3.05) is 6.54 Å². The predicted molar refractivity (Wildman–Crippen MR) is 58.2 cm³/mol. The molecule has 0 saturated heterocycles. The van der Waals surface area contributed by atoms with Gasteiger partial charge in [0.05, 0.1) is 0 Å². The number of nitrogens with one attached hydrogen (secondary N) is 1. The molecule has 1 atom stereocenters. The maximum absolute atomic E-state index is 11.3. The molecule has 0 fully saturated rings. The fourth-order valence-electron chi connectivity index (χ4n) is 1.02. The molecule has 0 radical (unpaired) electrons. The van der Waals surface area contributed by atoms with Crippen LogP contribution in [0.3, 0.4) is 0 Å². The van der Waals surface area contributed by atoms with E-state index in [9.17, 15) is 13.2 Å². The van der Waals surface area contributed by atoms with Crippen LogP contribution in [0.25, 0.3) is 0 Å². The van der Waals surface area contributed by atoms with Crippen LogP contribution in [0.1, 0.15) is 39.5 Å². The third-order valence-electron chi connectivity index (χ3n) is 2.15. The Morgan fingerprint density at radius 1 is 1.33 bits per heavy atom. The van der Waals surface area contributed by atoms with E-state index in [0.717, 1.165) is 32.6 Å². The SMILES string of the molecule is CCCCCCNS(=O)(=O)C(C)C(=O)O. The third kappa shape index (κ3) is 5.74. The molecule has 6 heteroatoms. The van der Waals surface area contributed by atoms with Crippen molar-refractivity contribution in [1.82, 2.24) is 4.72 Å². The first-order valence-electron chi connectivity index (χ1n) is 5.13. The lowest BCUT2D eigenvalue weighted by atomic mass is 10.2. The normalized spacial score (nSPS) is 13.7. The molecule has 0 aromatic rings. The van der Waals surface area contributed by atoms with Crippen molar-refractivity contribution in [3.05, 3.63) is 0 Å². The molecule has 0 bridgehead atoms. The number of carbonyl (C=O) groups is 1. The highest BCUT2D eigenvalue weighted by Crippen LogP contribution is 2.01. The van der Waals surface area contributed by atoms with Gasteiger partial charge in [-0.05, 0) is 13.3 Å². The zero-order valence-corrected chi connectivity index (χ0v) is 10.0. The van der Waals surface area contributed by atoms with Crippen molar-refractivity contribution >= 4 is 16.0 Å². The summed E-state index contributed by atoms with van der Waals surface area (Å²) < 4.78 is 24.9. The molecule has 0 aliphatic heterocycles. The van der Waals surface area contributed by atoms with Crippen molar-refractivity contribution in [2.24, 2.45) is 0 Å². The highest BCUT2D eigenvalue weighted by Gasteiger charge is 2.26. The smallest absolute Gasteiger partial charge is 0.323 e. The summed E-state index contributed by atoms with van der Waals surface area (Å²) in [6.07, 6.45) is 3.86. The Kier molecular flexibility index (Phi) is 6.51. The minimum Gasteiger partial charge on any atom is -0.480 e. The lowest BCUT2D eigenvalue weighted by Crippen LogP contribution is -2.37. The molecule has 0 saturated carbocycles. The van der Waals surface area contributed by atoms with Crippen molar-refractivity contribution < 1.29 is 18.3 Å².